The summed E-state index contributed by atoms with van der Waals surface area (Å²) in [6.07, 6.45) is 1.57. The van der Waals surface area contributed by atoms with E-state index in [1.165, 1.54) is 0 Å². The van der Waals surface area contributed by atoms with E-state index in [1.807, 2.05) is 30.3 Å². The number of benzene rings is 1. The number of carboxylic acid groups (broad SMARTS) is 1. The molecule has 0 amide bonds. The molecule has 0 radical (unpaired) electrons. The summed E-state index contributed by atoms with van der Waals surface area (Å²) in [6, 6.07) is 11.0. The van der Waals surface area contributed by atoms with Crippen LogP contribution in [0, 0.1) is 0 Å². The van der Waals surface area contributed by atoms with E-state index in [-0.39, 0.29) is 11.5 Å². The topological polar surface area (TPSA) is 67.5 Å². The van der Waals surface area contributed by atoms with Gasteiger partial charge in [-0.25, -0.2) is 0 Å². The van der Waals surface area contributed by atoms with Crippen molar-refractivity contribution in [2.75, 3.05) is 5.75 Å². The molecule has 0 fully saturated rings. The second-order valence-electron chi connectivity index (χ2n) is 3.76. The molecule has 18 heavy (non-hydrogen) atoms. The molecule has 0 saturated heterocycles. The van der Waals surface area contributed by atoms with Gasteiger partial charge in [-0.15, -0.1) is 0 Å². The van der Waals surface area contributed by atoms with Gasteiger partial charge in [-0.3, -0.25) is 9.00 Å². The van der Waals surface area contributed by atoms with Crippen LogP contribution in [0.15, 0.2) is 47.1 Å². The van der Waals surface area contributed by atoms with Crippen LogP contribution in [0.1, 0.15) is 5.56 Å². The third kappa shape index (κ3) is 3.07. The standard InChI is InChI=1S/C13H12O4S/c14-13(15)9-18(16)8-10-4-1-2-5-11(10)12-6-3-7-17-12/h1-7H,8-9H2,(H,14,15)/t18-/m0/s1. The van der Waals surface area contributed by atoms with Crippen molar-refractivity contribution >= 4 is 16.8 Å². The maximum Gasteiger partial charge on any atom is 0.316 e. The van der Waals surface area contributed by atoms with Crippen molar-refractivity contribution in [1.29, 1.82) is 0 Å². The highest BCUT2D eigenvalue weighted by atomic mass is 32.2. The molecular weight excluding hydrogens is 252 g/mol. The second kappa shape index (κ2) is 5.64. The molecule has 1 heterocycles. The van der Waals surface area contributed by atoms with Crippen LogP contribution in [-0.4, -0.2) is 21.0 Å². The monoisotopic (exact) mass is 264 g/mol. The first kappa shape index (κ1) is 12.6. The summed E-state index contributed by atoms with van der Waals surface area (Å²) in [6.45, 7) is 0. The van der Waals surface area contributed by atoms with E-state index in [0.29, 0.717) is 5.76 Å². The van der Waals surface area contributed by atoms with Crippen LogP contribution >= 0.6 is 0 Å². The van der Waals surface area contributed by atoms with E-state index in [1.54, 1.807) is 12.3 Å². The van der Waals surface area contributed by atoms with Crippen LogP contribution in [0.4, 0.5) is 0 Å². The van der Waals surface area contributed by atoms with Crippen molar-refractivity contribution in [1.82, 2.24) is 0 Å². The maximum atomic E-state index is 11.6. The highest BCUT2D eigenvalue weighted by Crippen LogP contribution is 2.24. The molecule has 0 aliphatic carbocycles. The van der Waals surface area contributed by atoms with Crippen molar-refractivity contribution in [2.24, 2.45) is 0 Å². The largest absolute Gasteiger partial charge is 0.481 e. The summed E-state index contributed by atoms with van der Waals surface area (Å²) in [5.41, 5.74) is 1.67. The number of carbonyl (C=O) groups is 1. The minimum Gasteiger partial charge on any atom is -0.481 e. The van der Waals surface area contributed by atoms with E-state index in [0.717, 1.165) is 11.1 Å². The molecule has 5 heteroatoms. The first-order chi connectivity index (χ1) is 8.66. The lowest BCUT2D eigenvalue weighted by atomic mass is 10.1. The third-order valence-electron chi connectivity index (χ3n) is 2.40. The van der Waals surface area contributed by atoms with Crippen LogP contribution < -0.4 is 0 Å². The van der Waals surface area contributed by atoms with Gasteiger partial charge in [-0.1, -0.05) is 24.3 Å². The van der Waals surface area contributed by atoms with Gasteiger partial charge in [0.1, 0.15) is 11.5 Å². The van der Waals surface area contributed by atoms with E-state index < -0.39 is 16.8 Å². The Balaban J connectivity index is 2.23. The molecule has 1 aromatic carbocycles. The Morgan fingerprint density at radius 1 is 1.22 bits per heavy atom. The van der Waals surface area contributed by atoms with Crippen LogP contribution in [0.2, 0.25) is 0 Å². The molecule has 0 spiro atoms. The predicted octanol–water partition coefficient (Wildman–Crippen LogP) is 2.28. The first-order valence-corrected chi connectivity index (χ1v) is 6.84. The van der Waals surface area contributed by atoms with E-state index in [2.05, 4.69) is 0 Å². The molecule has 0 unspecified atom stereocenters. The number of rotatable bonds is 5. The Bertz CT molecular complexity index is 560. The molecule has 2 aromatic rings. The molecule has 2 rings (SSSR count). The molecular formula is C13H12O4S. The number of furan rings is 1. The molecule has 1 N–H and O–H groups in total. The number of aliphatic carboxylic acids is 1. The quantitative estimate of drug-likeness (QED) is 0.899. The molecule has 1 atom stereocenters. The molecule has 94 valence electrons. The highest BCUT2D eigenvalue weighted by Gasteiger charge is 2.12. The fourth-order valence-corrected chi connectivity index (χ4v) is 2.66. The third-order valence-corrected chi connectivity index (χ3v) is 3.61. The zero-order valence-corrected chi connectivity index (χ0v) is 10.4. The van der Waals surface area contributed by atoms with Crippen LogP contribution in [0.3, 0.4) is 0 Å². The van der Waals surface area contributed by atoms with Gasteiger partial charge in [0.05, 0.1) is 6.26 Å². The van der Waals surface area contributed by atoms with Gasteiger partial charge in [0.25, 0.3) is 0 Å². The number of hydrogen-bond acceptors (Lipinski definition) is 3. The summed E-state index contributed by atoms with van der Waals surface area (Å²) in [4.78, 5) is 10.5. The lowest BCUT2D eigenvalue weighted by Gasteiger charge is -2.06. The van der Waals surface area contributed by atoms with Gasteiger partial charge >= 0.3 is 5.97 Å². The average molecular weight is 264 g/mol. The van der Waals surface area contributed by atoms with Gasteiger partial charge < -0.3 is 9.52 Å². The summed E-state index contributed by atoms with van der Waals surface area (Å²) in [7, 11) is -1.41. The summed E-state index contributed by atoms with van der Waals surface area (Å²) in [5.74, 6) is -0.489. The molecule has 0 aliphatic heterocycles. The Hall–Kier alpha value is -1.88. The van der Waals surface area contributed by atoms with Gasteiger partial charge in [0, 0.05) is 22.1 Å². The Morgan fingerprint density at radius 2 is 2.00 bits per heavy atom. The van der Waals surface area contributed by atoms with Gasteiger partial charge in [0.2, 0.25) is 0 Å². The first-order valence-electron chi connectivity index (χ1n) is 5.35. The van der Waals surface area contributed by atoms with Gasteiger partial charge in [-0.05, 0) is 17.7 Å². The minimum absolute atomic E-state index is 0.211. The van der Waals surface area contributed by atoms with Crippen molar-refractivity contribution < 1.29 is 18.5 Å². The Labute approximate surface area is 107 Å². The molecule has 0 aliphatic rings. The van der Waals surface area contributed by atoms with Gasteiger partial charge in [-0.2, -0.15) is 0 Å². The molecule has 0 bridgehead atoms. The Morgan fingerprint density at radius 3 is 2.67 bits per heavy atom. The fourth-order valence-electron chi connectivity index (χ4n) is 1.68. The zero-order chi connectivity index (χ0) is 13.0. The SMILES string of the molecule is O=C(O)C[S@@](=O)Cc1ccccc1-c1ccco1. The number of hydrogen-bond donors (Lipinski definition) is 1. The van der Waals surface area contributed by atoms with Crippen molar-refractivity contribution in [3.63, 3.8) is 0 Å². The average Bonchev–Trinajstić information content (AvgIpc) is 2.81. The second-order valence-corrected chi connectivity index (χ2v) is 5.21. The lowest BCUT2D eigenvalue weighted by molar-refractivity contribution is -0.133. The fraction of sp³-hybridized carbons (Fsp3) is 0.154. The van der Waals surface area contributed by atoms with Crippen LogP contribution in [0.5, 0.6) is 0 Å². The minimum atomic E-state index is -1.41. The normalized spacial score (nSPS) is 12.2. The smallest absolute Gasteiger partial charge is 0.316 e. The van der Waals surface area contributed by atoms with E-state index in [4.69, 9.17) is 9.52 Å². The summed E-state index contributed by atoms with van der Waals surface area (Å²) in [5, 5.41) is 8.60. The molecule has 0 saturated carbocycles. The summed E-state index contributed by atoms with van der Waals surface area (Å²) < 4.78 is 17.0. The van der Waals surface area contributed by atoms with Crippen LogP contribution in [0.25, 0.3) is 11.3 Å². The molecule has 1 aromatic heterocycles. The zero-order valence-electron chi connectivity index (χ0n) is 9.54. The van der Waals surface area contributed by atoms with Crippen LogP contribution in [-0.2, 0) is 21.3 Å². The van der Waals surface area contributed by atoms with Gasteiger partial charge in [0.15, 0.2) is 0 Å². The van der Waals surface area contributed by atoms with Crippen molar-refractivity contribution in [3.05, 3.63) is 48.2 Å². The highest BCUT2D eigenvalue weighted by molar-refractivity contribution is 7.84. The molecule has 4 nitrogen and oxygen atoms in total. The predicted molar refractivity (Wildman–Crippen MR) is 68.5 cm³/mol. The Kier molecular flexibility index (Phi) is 3.94. The number of carboxylic acids is 1. The van der Waals surface area contributed by atoms with E-state index >= 15 is 0 Å². The van der Waals surface area contributed by atoms with E-state index in [9.17, 15) is 9.00 Å². The maximum absolute atomic E-state index is 11.6. The lowest BCUT2D eigenvalue weighted by Crippen LogP contribution is -2.11. The van der Waals surface area contributed by atoms with Crippen molar-refractivity contribution in [2.45, 2.75) is 5.75 Å². The summed E-state index contributed by atoms with van der Waals surface area (Å²) >= 11 is 0. The van der Waals surface area contributed by atoms with Crippen molar-refractivity contribution in [3.8, 4) is 11.3 Å².